The van der Waals surface area contributed by atoms with Crippen LogP contribution >= 0.6 is 0 Å². The Kier molecular flexibility index (Phi) is 7.14. The SMILES string of the molecule is Cc1ccc(C(=O)C[N+]23CCC(CC2)C(OC(=O)C(C=[N+]2CCCCC2)c2ccccc2)C3)cc1. The molecule has 184 valence electrons. The van der Waals surface area contributed by atoms with Crippen LogP contribution in [-0.2, 0) is 9.53 Å². The third-order valence-electron chi connectivity index (χ3n) is 8.32. The summed E-state index contributed by atoms with van der Waals surface area (Å²) in [6, 6.07) is 17.9. The Morgan fingerprint density at radius 1 is 1.00 bits per heavy atom. The molecule has 4 aliphatic heterocycles. The van der Waals surface area contributed by atoms with E-state index < -0.39 is 0 Å². The molecule has 0 aromatic heterocycles. The Balaban J connectivity index is 1.30. The first-order valence-electron chi connectivity index (χ1n) is 13.3. The van der Waals surface area contributed by atoms with Crippen molar-refractivity contribution in [1.29, 1.82) is 0 Å². The largest absolute Gasteiger partial charge is 0.455 e. The van der Waals surface area contributed by atoms with Gasteiger partial charge in [-0.1, -0.05) is 60.2 Å². The fourth-order valence-corrected chi connectivity index (χ4v) is 6.16. The molecule has 0 aliphatic carbocycles. The molecule has 2 aromatic rings. The van der Waals surface area contributed by atoms with Crippen molar-refractivity contribution in [2.24, 2.45) is 5.92 Å². The quantitative estimate of drug-likeness (QED) is 0.259. The normalized spacial score (nSPS) is 26.7. The lowest BCUT2D eigenvalue weighted by atomic mass is 9.82. The Morgan fingerprint density at radius 3 is 2.37 bits per heavy atom. The highest BCUT2D eigenvalue weighted by atomic mass is 16.5. The number of carbonyl (C=O) groups excluding carboxylic acids is 2. The van der Waals surface area contributed by atoms with E-state index in [2.05, 4.69) is 10.8 Å². The molecule has 0 N–H and O–H groups in total. The molecule has 5 nitrogen and oxygen atoms in total. The van der Waals surface area contributed by atoms with Gasteiger partial charge in [-0.15, -0.1) is 0 Å². The second-order valence-corrected chi connectivity index (χ2v) is 10.9. The lowest BCUT2D eigenvalue weighted by Crippen LogP contribution is -2.65. The maximum atomic E-state index is 13.6. The third-order valence-corrected chi connectivity index (χ3v) is 8.32. The average Bonchev–Trinajstić information content (AvgIpc) is 2.89. The maximum Gasteiger partial charge on any atom is 0.324 e. The number of hydrogen-bond acceptors (Lipinski definition) is 3. The van der Waals surface area contributed by atoms with Gasteiger partial charge in [-0.3, -0.25) is 9.59 Å². The summed E-state index contributed by atoms with van der Waals surface area (Å²) in [5.41, 5.74) is 2.93. The van der Waals surface area contributed by atoms with E-state index in [9.17, 15) is 9.59 Å². The lowest BCUT2D eigenvalue weighted by Gasteiger charge is -2.51. The van der Waals surface area contributed by atoms with Crippen molar-refractivity contribution in [2.45, 2.75) is 51.0 Å². The Morgan fingerprint density at radius 2 is 1.69 bits per heavy atom. The van der Waals surface area contributed by atoms with Gasteiger partial charge in [0.15, 0.2) is 18.2 Å². The van der Waals surface area contributed by atoms with E-state index in [4.69, 9.17) is 4.74 Å². The molecule has 2 bridgehead atoms. The van der Waals surface area contributed by atoms with Crippen LogP contribution in [0, 0.1) is 12.8 Å². The summed E-state index contributed by atoms with van der Waals surface area (Å²) < 4.78 is 9.33. The predicted molar refractivity (Wildman–Crippen MR) is 137 cm³/mol. The van der Waals surface area contributed by atoms with Gasteiger partial charge in [0.05, 0.1) is 13.1 Å². The molecular formula is C30H38N2O3+2. The standard InChI is InChI=1S/C30H38N2O3/c1-23-10-12-25(13-11-23)28(33)21-32-18-14-26(15-19-32)29(22-32)35-30(34)27(24-8-4-2-5-9-24)20-31-16-6-3-7-17-31/h2,4-5,8-13,20,26-27,29H,3,6-7,14-19,21-22H2,1H3/q+2. The van der Waals surface area contributed by atoms with Gasteiger partial charge in [0.25, 0.3) is 0 Å². The molecule has 4 fully saturated rings. The molecule has 5 heteroatoms. The van der Waals surface area contributed by atoms with Crippen LogP contribution in [-0.4, -0.2) is 72.4 Å². The first-order valence-corrected chi connectivity index (χ1v) is 13.3. The molecule has 4 heterocycles. The highest BCUT2D eigenvalue weighted by molar-refractivity contribution is 5.97. The fourth-order valence-electron chi connectivity index (χ4n) is 6.16. The van der Waals surface area contributed by atoms with Crippen molar-refractivity contribution in [3.63, 3.8) is 0 Å². The van der Waals surface area contributed by atoms with Gasteiger partial charge in [-0.25, -0.2) is 4.58 Å². The highest BCUT2D eigenvalue weighted by Crippen LogP contribution is 2.36. The molecule has 35 heavy (non-hydrogen) atoms. The van der Waals surface area contributed by atoms with Crippen LogP contribution in [0.1, 0.15) is 59.5 Å². The van der Waals surface area contributed by atoms with Gasteiger partial charge in [-0.05, 0) is 18.9 Å². The van der Waals surface area contributed by atoms with Crippen molar-refractivity contribution in [1.82, 2.24) is 0 Å². The predicted octanol–water partition coefficient (Wildman–Crippen LogP) is 4.38. The van der Waals surface area contributed by atoms with Crippen LogP contribution in [0.4, 0.5) is 0 Å². The van der Waals surface area contributed by atoms with Crippen LogP contribution in [0.5, 0.6) is 0 Å². The molecule has 2 aromatic carbocycles. The van der Waals surface area contributed by atoms with E-state index in [-0.39, 0.29) is 23.8 Å². The van der Waals surface area contributed by atoms with Gasteiger partial charge in [0.2, 0.25) is 5.78 Å². The smallest absolute Gasteiger partial charge is 0.324 e. The third kappa shape index (κ3) is 5.56. The van der Waals surface area contributed by atoms with E-state index in [0.29, 0.717) is 12.5 Å². The molecule has 2 unspecified atom stereocenters. The molecule has 2 atom stereocenters. The monoisotopic (exact) mass is 474 g/mol. The summed E-state index contributed by atoms with van der Waals surface area (Å²) in [5, 5.41) is 0. The summed E-state index contributed by atoms with van der Waals surface area (Å²) in [7, 11) is 0. The zero-order valence-corrected chi connectivity index (χ0v) is 20.9. The van der Waals surface area contributed by atoms with Crippen LogP contribution in [0.3, 0.4) is 0 Å². The summed E-state index contributed by atoms with van der Waals surface area (Å²) >= 11 is 0. The summed E-state index contributed by atoms with van der Waals surface area (Å²) in [6.45, 7) is 7.28. The summed E-state index contributed by atoms with van der Waals surface area (Å²) in [6.07, 6.45) is 7.63. The number of aryl methyl sites for hydroxylation is 1. The molecule has 6 rings (SSSR count). The minimum absolute atomic E-state index is 0.114. The van der Waals surface area contributed by atoms with Crippen LogP contribution < -0.4 is 0 Å². The number of rotatable bonds is 7. The van der Waals surface area contributed by atoms with Crippen LogP contribution in [0.15, 0.2) is 54.6 Å². The van der Waals surface area contributed by atoms with Crippen molar-refractivity contribution >= 4 is 18.0 Å². The first kappa shape index (κ1) is 23.9. The molecule has 0 radical (unpaired) electrons. The van der Waals surface area contributed by atoms with Crippen molar-refractivity contribution in [3.05, 3.63) is 71.3 Å². The number of ether oxygens (including phenoxy) is 1. The van der Waals surface area contributed by atoms with Crippen molar-refractivity contribution in [2.75, 3.05) is 39.3 Å². The lowest BCUT2D eigenvalue weighted by molar-refractivity contribution is -0.938. The van der Waals surface area contributed by atoms with E-state index in [1.165, 1.54) is 19.3 Å². The zero-order chi connectivity index (χ0) is 24.3. The van der Waals surface area contributed by atoms with Gasteiger partial charge < -0.3 is 9.22 Å². The highest BCUT2D eigenvalue weighted by Gasteiger charge is 2.49. The topological polar surface area (TPSA) is 46.4 Å². The second-order valence-electron chi connectivity index (χ2n) is 10.9. The van der Waals surface area contributed by atoms with Crippen molar-refractivity contribution in [3.8, 4) is 0 Å². The number of ketones is 1. The number of quaternary nitrogens is 1. The van der Waals surface area contributed by atoms with E-state index in [1.807, 2.05) is 61.5 Å². The molecule has 0 amide bonds. The molecule has 4 saturated heterocycles. The number of fused-ring (bicyclic) bond motifs is 3. The molecule has 4 aliphatic rings. The Labute approximate surface area is 209 Å². The van der Waals surface area contributed by atoms with Gasteiger partial charge in [0, 0.05) is 37.2 Å². The molecular weight excluding hydrogens is 436 g/mol. The summed E-state index contributed by atoms with van der Waals surface area (Å²) in [5.74, 6) is 0.0618. The van der Waals surface area contributed by atoms with Crippen LogP contribution in [0.2, 0.25) is 0 Å². The maximum absolute atomic E-state index is 13.6. The van der Waals surface area contributed by atoms with E-state index >= 15 is 0 Å². The van der Waals surface area contributed by atoms with Gasteiger partial charge >= 0.3 is 5.97 Å². The Bertz CT molecular complexity index is 1060. The van der Waals surface area contributed by atoms with E-state index in [0.717, 1.165) is 66.7 Å². The van der Waals surface area contributed by atoms with E-state index in [1.54, 1.807) is 0 Å². The number of nitrogens with zero attached hydrogens (tertiary/aromatic N) is 2. The molecule has 0 spiro atoms. The number of benzene rings is 2. The number of piperidine rings is 4. The zero-order valence-electron chi connectivity index (χ0n) is 20.9. The number of hydrogen-bond donors (Lipinski definition) is 0. The minimum atomic E-state index is -0.382. The second kappa shape index (κ2) is 10.4. The van der Waals surface area contributed by atoms with Crippen LogP contribution in [0.25, 0.3) is 0 Å². The Hall–Kier alpha value is -2.79. The number of Topliss-reactive ketones (excluding diaryl/α,β-unsaturated/α-hetero) is 1. The minimum Gasteiger partial charge on any atom is -0.455 e. The number of esters is 1. The summed E-state index contributed by atoms with van der Waals surface area (Å²) in [4.78, 5) is 26.7. The fraction of sp³-hybridized carbons (Fsp3) is 0.500. The van der Waals surface area contributed by atoms with Gasteiger partial charge in [-0.2, -0.15) is 0 Å². The number of carbonyl (C=O) groups is 2. The average molecular weight is 475 g/mol. The van der Waals surface area contributed by atoms with Crippen molar-refractivity contribution < 1.29 is 23.4 Å². The first-order chi connectivity index (χ1) is 17.0. The molecule has 0 saturated carbocycles. The van der Waals surface area contributed by atoms with Gasteiger partial charge in [0.1, 0.15) is 26.2 Å².